The molecule has 2 aliphatic rings. The van der Waals surface area contributed by atoms with Crippen molar-refractivity contribution < 1.29 is 14.3 Å². The molecule has 31 heavy (non-hydrogen) atoms. The molecule has 0 amide bonds. The molecule has 1 aromatic rings. The van der Waals surface area contributed by atoms with Gasteiger partial charge in [0.1, 0.15) is 0 Å². The monoisotopic (exact) mass is 430 g/mol. The molecule has 2 fully saturated rings. The predicted octanol–water partition coefficient (Wildman–Crippen LogP) is 2.65. The summed E-state index contributed by atoms with van der Waals surface area (Å²) in [6, 6.07) is 8.78. The summed E-state index contributed by atoms with van der Waals surface area (Å²) in [5.41, 5.74) is 2.53. The Kier molecular flexibility index (Phi) is 8.72. The number of esters is 1. The lowest BCUT2D eigenvalue weighted by atomic mass is 9.97. The zero-order valence-corrected chi connectivity index (χ0v) is 19.5. The second kappa shape index (κ2) is 11.5. The number of nitrogens with one attached hydrogen (secondary N) is 1. The Bertz CT molecular complexity index is 719. The minimum absolute atomic E-state index is 0.00844. The molecule has 2 saturated heterocycles. The van der Waals surface area contributed by atoms with Crippen molar-refractivity contribution in [3.05, 3.63) is 35.4 Å². The molecule has 2 atom stereocenters. The third kappa shape index (κ3) is 6.94. The van der Waals surface area contributed by atoms with Gasteiger partial charge in [-0.15, -0.1) is 0 Å². The zero-order valence-electron chi connectivity index (χ0n) is 19.5. The van der Waals surface area contributed by atoms with Crippen molar-refractivity contribution in [1.82, 2.24) is 15.1 Å². The van der Waals surface area contributed by atoms with Crippen LogP contribution in [0.15, 0.2) is 29.3 Å². The van der Waals surface area contributed by atoms with E-state index in [1.165, 1.54) is 18.2 Å². The largest absolute Gasteiger partial charge is 0.469 e. The lowest BCUT2D eigenvalue weighted by molar-refractivity contribution is -0.146. The van der Waals surface area contributed by atoms with E-state index in [-0.39, 0.29) is 11.9 Å². The van der Waals surface area contributed by atoms with Crippen LogP contribution in [0.5, 0.6) is 0 Å². The van der Waals surface area contributed by atoms with Crippen LogP contribution in [0.3, 0.4) is 0 Å². The van der Waals surface area contributed by atoms with Crippen LogP contribution < -0.4 is 5.32 Å². The highest BCUT2D eigenvalue weighted by Crippen LogP contribution is 2.19. The number of piperidine rings is 1. The van der Waals surface area contributed by atoms with E-state index < -0.39 is 0 Å². The summed E-state index contributed by atoms with van der Waals surface area (Å²) in [5.74, 6) is 0.836. The average Bonchev–Trinajstić information content (AvgIpc) is 2.76. The first-order chi connectivity index (χ1) is 15.0. The Morgan fingerprint density at radius 1 is 1.13 bits per heavy atom. The first kappa shape index (κ1) is 23.5. The van der Waals surface area contributed by atoms with E-state index >= 15 is 0 Å². The molecule has 2 aliphatic heterocycles. The SMILES string of the molecule is CCNC(=NCc1ccc(CN2CC(C)OC(C)C2)cc1)N1CCC(C(=O)OC)CC1. The fourth-order valence-corrected chi connectivity index (χ4v) is 4.51. The number of ether oxygens (including phenoxy) is 2. The summed E-state index contributed by atoms with van der Waals surface area (Å²) in [7, 11) is 1.47. The average molecular weight is 431 g/mol. The van der Waals surface area contributed by atoms with Gasteiger partial charge in [0.2, 0.25) is 0 Å². The van der Waals surface area contributed by atoms with E-state index in [1.54, 1.807) is 0 Å². The quantitative estimate of drug-likeness (QED) is 0.425. The summed E-state index contributed by atoms with van der Waals surface area (Å²) < 4.78 is 10.7. The maximum atomic E-state index is 11.8. The van der Waals surface area contributed by atoms with Gasteiger partial charge >= 0.3 is 5.97 Å². The van der Waals surface area contributed by atoms with Gasteiger partial charge in [0, 0.05) is 39.3 Å². The highest BCUT2D eigenvalue weighted by atomic mass is 16.5. The van der Waals surface area contributed by atoms with E-state index in [0.717, 1.165) is 58.1 Å². The molecule has 1 N–H and O–H groups in total. The number of hydrogen-bond donors (Lipinski definition) is 1. The van der Waals surface area contributed by atoms with Crippen LogP contribution in [0.4, 0.5) is 0 Å². The van der Waals surface area contributed by atoms with Crippen LogP contribution in [0.25, 0.3) is 0 Å². The van der Waals surface area contributed by atoms with Gasteiger partial charge in [-0.3, -0.25) is 9.69 Å². The Labute approximate surface area is 186 Å². The molecule has 7 heteroatoms. The predicted molar refractivity (Wildman–Crippen MR) is 123 cm³/mol. The molecular weight excluding hydrogens is 392 g/mol. The van der Waals surface area contributed by atoms with E-state index in [9.17, 15) is 4.79 Å². The number of guanidine groups is 1. The van der Waals surface area contributed by atoms with Crippen molar-refractivity contribution >= 4 is 11.9 Å². The smallest absolute Gasteiger partial charge is 0.308 e. The van der Waals surface area contributed by atoms with Crippen LogP contribution in [0.2, 0.25) is 0 Å². The second-order valence-electron chi connectivity index (χ2n) is 8.72. The summed E-state index contributed by atoms with van der Waals surface area (Å²) in [4.78, 5) is 21.3. The van der Waals surface area contributed by atoms with Crippen LogP contribution in [-0.4, -0.2) is 73.8 Å². The number of methoxy groups -OCH3 is 1. The van der Waals surface area contributed by atoms with Crippen molar-refractivity contribution in [2.45, 2.75) is 58.9 Å². The fourth-order valence-electron chi connectivity index (χ4n) is 4.51. The second-order valence-corrected chi connectivity index (χ2v) is 8.72. The van der Waals surface area contributed by atoms with Gasteiger partial charge in [0.05, 0.1) is 31.8 Å². The van der Waals surface area contributed by atoms with Gasteiger partial charge in [0.15, 0.2) is 5.96 Å². The number of aliphatic imine (C=N–C) groups is 1. The standard InChI is InChI=1S/C24H38N4O3/c1-5-25-24(28-12-10-22(11-13-28)23(29)30-4)26-14-20-6-8-21(9-7-20)17-27-15-18(2)31-19(3)16-27/h6-9,18-19,22H,5,10-17H2,1-4H3,(H,25,26). The number of nitrogens with zero attached hydrogens (tertiary/aromatic N) is 3. The molecule has 172 valence electrons. The molecular formula is C24H38N4O3. The lowest BCUT2D eigenvalue weighted by Crippen LogP contribution is -2.46. The number of carbonyl (C=O) groups excluding carboxylic acids is 1. The van der Waals surface area contributed by atoms with Gasteiger partial charge in [-0.05, 0) is 44.7 Å². The number of likely N-dealkylation sites (tertiary alicyclic amines) is 1. The number of hydrogen-bond acceptors (Lipinski definition) is 5. The molecule has 1 aromatic carbocycles. The van der Waals surface area contributed by atoms with Crippen molar-refractivity contribution in [1.29, 1.82) is 0 Å². The third-order valence-corrected chi connectivity index (χ3v) is 6.00. The Hall–Kier alpha value is -2.12. The summed E-state index contributed by atoms with van der Waals surface area (Å²) in [6.07, 6.45) is 2.20. The number of rotatable bonds is 6. The molecule has 2 heterocycles. The number of morpholine rings is 1. The van der Waals surface area contributed by atoms with Crippen molar-refractivity contribution in [2.75, 3.05) is 39.8 Å². The fraction of sp³-hybridized carbons (Fsp3) is 0.667. The van der Waals surface area contributed by atoms with Crippen molar-refractivity contribution in [3.63, 3.8) is 0 Å². The van der Waals surface area contributed by atoms with Gasteiger partial charge in [0.25, 0.3) is 0 Å². The molecule has 0 saturated carbocycles. The number of benzene rings is 1. The minimum Gasteiger partial charge on any atom is -0.469 e. The summed E-state index contributed by atoms with van der Waals surface area (Å²) in [6.45, 7) is 12.4. The van der Waals surface area contributed by atoms with Crippen molar-refractivity contribution in [2.24, 2.45) is 10.9 Å². The van der Waals surface area contributed by atoms with Gasteiger partial charge in [-0.25, -0.2) is 4.99 Å². The molecule has 0 aromatic heterocycles. The number of carbonyl (C=O) groups is 1. The van der Waals surface area contributed by atoms with Crippen LogP contribution in [-0.2, 0) is 27.4 Å². The van der Waals surface area contributed by atoms with E-state index in [2.05, 4.69) is 60.2 Å². The molecule has 7 nitrogen and oxygen atoms in total. The zero-order chi connectivity index (χ0) is 22.2. The third-order valence-electron chi connectivity index (χ3n) is 6.00. The topological polar surface area (TPSA) is 66.4 Å². The first-order valence-corrected chi connectivity index (χ1v) is 11.5. The van der Waals surface area contributed by atoms with Crippen LogP contribution in [0, 0.1) is 5.92 Å². The first-order valence-electron chi connectivity index (χ1n) is 11.5. The van der Waals surface area contributed by atoms with Crippen molar-refractivity contribution in [3.8, 4) is 0 Å². The normalized spacial score (nSPS) is 23.6. The van der Waals surface area contributed by atoms with Crippen LogP contribution in [0.1, 0.15) is 44.7 Å². The summed E-state index contributed by atoms with van der Waals surface area (Å²) in [5, 5.41) is 3.40. The van der Waals surface area contributed by atoms with Gasteiger partial charge < -0.3 is 19.7 Å². The molecule has 0 radical (unpaired) electrons. The minimum atomic E-state index is -0.0947. The Balaban J connectivity index is 1.54. The summed E-state index contributed by atoms with van der Waals surface area (Å²) >= 11 is 0. The molecule has 3 rings (SSSR count). The highest BCUT2D eigenvalue weighted by Gasteiger charge is 2.27. The highest BCUT2D eigenvalue weighted by molar-refractivity contribution is 5.80. The molecule has 2 unspecified atom stereocenters. The maximum absolute atomic E-state index is 11.8. The Morgan fingerprint density at radius 3 is 2.32 bits per heavy atom. The van der Waals surface area contributed by atoms with E-state index in [1.807, 2.05) is 0 Å². The van der Waals surface area contributed by atoms with Gasteiger partial charge in [-0.1, -0.05) is 24.3 Å². The molecule has 0 spiro atoms. The van der Waals surface area contributed by atoms with Gasteiger partial charge in [-0.2, -0.15) is 0 Å². The lowest BCUT2D eigenvalue weighted by Gasteiger charge is -2.35. The van der Waals surface area contributed by atoms with E-state index in [4.69, 9.17) is 14.5 Å². The van der Waals surface area contributed by atoms with Crippen LogP contribution >= 0.6 is 0 Å². The molecule has 0 bridgehead atoms. The maximum Gasteiger partial charge on any atom is 0.308 e. The molecule has 0 aliphatic carbocycles. The Morgan fingerprint density at radius 2 is 1.74 bits per heavy atom. The van der Waals surface area contributed by atoms with E-state index in [0.29, 0.717) is 18.8 Å².